The van der Waals surface area contributed by atoms with Crippen LogP contribution in [0.2, 0.25) is 0 Å². The third-order valence-electron chi connectivity index (χ3n) is 3.62. The van der Waals surface area contributed by atoms with Crippen molar-refractivity contribution in [1.29, 1.82) is 0 Å². The van der Waals surface area contributed by atoms with Crippen LogP contribution >= 0.6 is 11.6 Å². The average Bonchev–Trinajstić information content (AvgIpc) is 2.55. The highest BCUT2D eigenvalue weighted by atomic mass is 35.5. The van der Waals surface area contributed by atoms with Crippen LogP contribution in [0.5, 0.6) is 0 Å². The van der Waals surface area contributed by atoms with E-state index in [1.807, 2.05) is 6.07 Å². The summed E-state index contributed by atoms with van der Waals surface area (Å²) in [5.74, 6) is 0. The zero-order chi connectivity index (χ0) is 13.9. The van der Waals surface area contributed by atoms with Gasteiger partial charge in [0.15, 0.2) is 0 Å². The van der Waals surface area contributed by atoms with E-state index in [2.05, 4.69) is 4.72 Å². The lowest BCUT2D eigenvalue weighted by atomic mass is 10.1. The fraction of sp³-hybridized carbons (Fsp3) is 0.571. The number of hydrogen-bond donors (Lipinski definition) is 1. The smallest absolute Gasteiger partial charge is 0.207 e. The maximum atomic E-state index is 12.4. The van der Waals surface area contributed by atoms with Gasteiger partial charge in [-0.2, -0.15) is 0 Å². The van der Waals surface area contributed by atoms with Crippen molar-refractivity contribution in [3.8, 4) is 0 Å². The minimum atomic E-state index is -3.47. The normalized spacial score (nSPS) is 24.9. The standard InChI is InChI=1S/C14H20ClNO2S/c1-11-7-5-6-10-14(11)19(17,18)16-13-9-4-2-3-8-12(13)15/h5-7,10,12-13,16H,2-4,8-9H2,1H3. The maximum absolute atomic E-state index is 12.4. The van der Waals surface area contributed by atoms with Gasteiger partial charge in [0, 0.05) is 11.4 Å². The molecule has 2 rings (SSSR count). The number of aryl methyl sites for hydroxylation is 1. The first-order valence-electron chi connectivity index (χ1n) is 6.73. The molecular weight excluding hydrogens is 282 g/mol. The zero-order valence-electron chi connectivity index (χ0n) is 11.1. The second kappa shape index (κ2) is 6.25. The lowest BCUT2D eigenvalue weighted by Crippen LogP contribution is -2.40. The molecule has 19 heavy (non-hydrogen) atoms. The van der Waals surface area contributed by atoms with Gasteiger partial charge in [0.1, 0.15) is 0 Å². The molecule has 1 saturated carbocycles. The minimum absolute atomic E-state index is 0.110. The van der Waals surface area contributed by atoms with E-state index in [4.69, 9.17) is 11.6 Å². The molecule has 0 saturated heterocycles. The van der Waals surface area contributed by atoms with E-state index in [1.165, 1.54) is 0 Å². The summed E-state index contributed by atoms with van der Waals surface area (Å²) in [6.07, 6.45) is 4.94. The largest absolute Gasteiger partial charge is 0.241 e. The molecule has 5 heteroatoms. The Morgan fingerprint density at radius 3 is 2.58 bits per heavy atom. The van der Waals surface area contributed by atoms with E-state index in [9.17, 15) is 8.42 Å². The summed E-state index contributed by atoms with van der Waals surface area (Å²) >= 11 is 6.29. The predicted molar refractivity (Wildman–Crippen MR) is 78.0 cm³/mol. The van der Waals surface area contributed by atoms with E-state index < -0.39 is 10.0 Å². The number of halogens is 1. The monoisotopic (exact) mass is 301 g/mol. The SMILES string of the molecule is Cc1ccccc1S(=O)(=O)NC1CCCCCC1Cl. The third-order valence-corrected chi connectivity index (χ3v) is 5.79. The van der Waals surface area contributed by atoms with Crippen LogP contribution in [0.4, 0.5) is 0 Å². The van der Waals surface area contributed by atoms with Crippen LogP contribution in [-0.2, 0) is 10.0 Å². The fourth-order valence-electron chi connectivity index (χ4n) is 2.52. The number of benzene rings is 1. The van der Waals surface area contributed by atoms with Gasteiger partial charge in [0.05, 0.1) is 4.90 Å². The predicted octanol–water partition coefficient (Wildman–Crippen LogP) is 3.21. The van der Waals surface area contributed by atoms with Crippen molar-refractivity contribution in [3.05, 3.63) is 29.8 Å². The fourth-order valence-corrected chi connectivity index (χ4v) is 4.49. The van der Waals surface area contributed by atoms with Gasteiger partial charge >= 0.3 is 0 Å². The number of nitrogens with one attached hydrogen (secondary N) is 1. The Hall–Kier alpha value is -0.580. The van der Waals surface area contributed by atoms with Crippen LogP contribution in [0.25, 0.3) is 0 Å². The highest BCUT2D eigenvalue weighted by Crippen LogP contribution is 2.24. The molecule has 0 radical (unpaired) electrons. The Kier molecular flexibility index (Phi) is 4.87. The third kappa shape index (κ3) is 3.71. The molecule has 1 aromatic carbocycles. The summed E-state index contributed by atoms with van der Waals surface area (Å²) in [4.78, 5) is 0.350. The molecule has 106 valence electrons. The first-order chi connectivity index (χ1) is 9.00. The van der Waals surface area contributed by atoms with Crippen molar-refractivity contribution in [1.82, 2.24) is 4.72 Å². The van der Waals surface area contributed by atoms with Gasteiger partial charge in [-0.05, 0) is 31.4 Å². The average molecular weight is 302 g/mol. The summed E-state index contributed by atoms with van der Waals surface area (Å²) in [5.41, 5.74) is 0.759. The van der Waals surface area contributed by atoms with Crippen molar-refractivity contribution < 1.29 is 8.42 Å². The highest BCUT2D eigenvalue weighted by Gasteiger charge is 2.27. The quantitative estimate of drug-likeness (QED) is 0.688. The van der Waals surface area contributed by atoms with Crippen molar-refractivity contribution in [2.45, 2.75) is 55.3 Å². The minimum Gasteiger partial charge on any atom is -0.207 e. The molecule has 2 atom stereocenters. The molecule has 1 aliphatic carbocycles. The molecule has 3 nitrogen and oxygen atoms in total. The van der Waals surface area contributed by atoms with Crippen molar-refractivity contribution in [2.75, 3.05) is 0 Å². The van der Waals surface area contributed by atoms with E-state index in [1.54, 1.807) is 25.1 Å². The summed E-state index contributed by atoms with van der Waals surface area (Å²) in [6.45, 7) is 1.81. The summed E-state index contributed by atoms with van der Waals surface area (Å²) < 4.78 is 27.6. The summed E-state index contributed by atoms with van der Waals surface area (Å²) in [6, 6.07) is 6.86. The van der Waals surface area contributed by atoms with Crippen LogP contribution in [0.1, 0.15) is 37.7 Å². The maximum Gasteiger partial charge on any atom is 0.241 e. The van der Waals surface area contributed by atoms with Gasteiger partial charge in [0.2, 0.25) is 10.0 Å². The Labute approximate surface area is 120 Å². The number of alkyl halides is 1. The van der Waals surface area contributed by atoms with Gasteiger partial charge in [0.25, 0.3) is 0 Å². The zero-order valence-corrected chi connectivity index (χ0v) is 12.7. The number of hydrogen-bond acceptors (Lipinski definition) is 2. The second-order valence-corrected chi connectivity index (χ2v) is 7.39. The molecule has 0 aliphatic heterocycles. The van der Waals surface area contributed by atoms with E-state index in [0.29, 0.717) is 4.90 Å². The lowest BCUT2D eigenvalue weighted by molar-refractivity contribution is 0.514. The van der Waals surface area contributed by atoms with Crippen molar-refractivity contribution in [2.24, 2.45) is 0 Å². The molecule has 1 N–H and O–H groups in total. The molecule has 0 spiro atoms. The lowest BCUT2D eigenvalue weighted by Gasteiger charge is -2.21. The molecule has 0 heterocycles. The first-order valence-corrected chi connectivity index (χ1v) is 8.65. The molecule has 0 amide bonds. The van der Waals surface area contributed by atoms with Crippen molar-refractivity contribution >= 4 is 21.6 Å². The Morgan fingerprint density at radius 1 is 1.16 bits per heavy atom. The van der Waals surface area contributed by atoms with Gasteiger partial charge in [-0.25, -0.2) is 13.1 Å². The van der Waals surface area contributed by atoms with Gasteiger partial charge < -0.3 is 0 Å². The molecule has 1 fully saturated rings. The molecule has 0 bridgehead atoms. The van der Waals surface area contributed by atoms with Crippen LogP contribution in [0.15, 0.2) is 29.2 Å². The van der Waals surface area contributed by atoms with E-state index in [0.717, 1.165) is 37.7 Å². The molecule has 2 unspecified atom stereocenters. The van der Waals surface area contributed by atoms with Crippen LogP contribution < -0.4 is 4.72 Å². The van der Waals surface area contributed by atoms with E-state index >= 15 is 0 Å². The van der Waals surface area contributed by atoms with Gasteiger partial charge in [-0.15, -0.1) is 11.6 Å². The van der Waals surface area contributed by atoms with Crippen LogP contribution in [-0.4, -0.2) is 19.8 Å². The number of rotatable bonds is 3. The summed E-state index contributed by atoms with van der Waals surface area (Å²) in [7, 11) is -3.47. The Morgan fingerprint density at radius 2 is 1.84 bits per heavy atom. The summed E-state index contributed by atoms with van der Waals surface area (Å²) in [5, 5.41) is -0.110. The van der Waals surface area contributed by atoms with Gasteiger partial charge in [-0.3, -0.25) is 0 Å². The molecular formula is C14H20ClNO2S. The highest BCUT2D eigenvalue weighted by molar-refractivity contribution is 7.89. The molecule has 1 aromatic rings. The molecule has 1 aliphatic rings. The van der Waals surface area contributed by atoms with Gasteiger partial charge in [-0.1, -0.05) is 37.5 Å². The van der Waals surface area contributed by atoms with Crippen LogP contribution in [0, 0.1) is 6.92 Å². The van der Waals surface area contributed by atoms with Crippen molar-refractivity contribution in [3.63, 3.8) is 0 Å². The number of sulfonamides is 1. The Balaban J connectivity index is 2.19. The topological polar surface area (TPSA) is 46.2 Å². The first kappa shape index (κ1) is 14.8. The van der Waals surface area contributed by atoms with E-state index in [-0.39, 0.29) is 11.4 Å². The van der Waals surface area contributed by atoms with Crippen LogP contribution in [0.3, 0.4) is 0 Å². The Bertz CT molecular complexity index is 530. The molecule has 0 aromatic heterocycles. The second-order valence-electron chi connectivity index (χ2n) is 5.15.